The topological polar surface area (TPSA) is 105 Å². The molecule has 0 amide bonds. The minimum Gasteiger partial charge on any atom is -0.508 e. The number of nitrogens with zero attached hydrogens (tertiary/aromatic N) is 4. The van der Waals surface area contributed by atoms with Crippen molar-refractivity contribution in [1.29, 1.82) is 0 Å². The Labute approximate surface area is 377 Å². The van der Waals surface area contributed by atoms with Gasteiger partial charge in [0.15, 0.2) is 11.6 Å². The van der Waals surface area contributed by atoms with Gasteiger partial charge in [-0.05, 0) is 163 Å². The van der Waals surface area contributed by atoms with Gasteiger partial charge in [-0.3, -0.25) is 14.4 Å². The molecule has 0 aliphatic carbocycles. The molecule has 11 heteroatoms. The molecular formula is C53H64F2N4O5. The lowest BCUT2D eigenvalue weighted by Crippen LogP contribution is -2.56. The van der Waals surface area contributed by atoms with Crippen LogP contribution in [0.15, 0.2) is 84.9 Å². The molecule has 0 saturated carbocycles. The first-order valence-corrected chi connectivity index (χ1v) is 23.6. The molecule has 4 saturated heterocycles. The number of Topliss-reactive ketones (excluding diaryl/α,β-unsaturated/α-hetero) is 3. The van der Waals surface area contributed by atoms with E-state index in [1.807, 2.05) is 12.1 Å². The summed E-state index contributed by atoms with van der Waals surface area (Å²) < 4.78 is 31.5. The van der Waals surface area contributed by atoms with Crippen LogP contribution in [-0.2, 0) is 4.79 Å². The Morgan fingerprint density at radius 3 is 1.23 bits per heavy atom. The van der Waals surface area contributed by atoms with E-state index in [1.165, 1.54) is 49.2 Å². The molecule has 0 spiro atoms. The summed E-state index contributed by atoms with van der Waals surface area (Å²) in [6.07, 6.45) is 6.11. The van der Waals surface area contributed by atoms with Crippen LogP contribution in [0.5, 0.6) is 11.5 Å². The van der Waals surface area contributed by atoms with Gasteiger partial charge in [-0.1, -0.05) is 48.5 Å². The molecule has 6 unspecified atom stereocenters. The maximum absolute atomic E-state index is 16.3. The predicted molar refractivity (Wildman–Crippen MR) is 245 cm³/mol. The third kappa shape index (κ3) is 10.2. The highest BCUT2D eigenvalue weighted by Crippen LogP contribution is 2.48. The summed E-state index contributed by atoms with van der Waals surface area (Å²) in [5.41, 5.74) is 2.59. The van der Waals surface area contributed by atoms with Crippen molar-refractivity contribution in [2.24, 2.45) is 23.7 Å². The first-order chi connectivity index (χ1) is 31.0. The van der Waals surface area contributed by atoms with E-state index >= 15 is 13.6 Å². The summed E-state index contributed by atoms with van der Waals surface area (Å²) in [5, 5.41) is 21.1. The first-order valence-electron chi connectivity index (χ1n) is 23.6. The van der Waals surface area contributed by atoms with Crippen molar-refractivity contribution in [3.63, 3.8) is 0 Å². The number of hydrogen-bond donors (Lipinski definition) is 2. The fourth-order valence-electron chi connectivity index (χ4n) is 11.1. The van der Waals surface area contributed by atoms with Crippen molar-refractivity contribution in [2.75, 3.05) is 78.5 Å². The zero-order valence-electron chi connectivity index (χ0n) is 37.4. The predicted octanol–water partition coefficient (Wildman–Crippen LogP) is 8.26. The van der Waals surface area contributed by atoms with Gasteiger partial charge < -0.3 is 29.8 Å². The number of hydrogen-bond acceptors (Lipinski definition) is 9. The zero-order chi connectivity index (χ0) is 44.9. The number of carbonyl (C=O) groups excluding carboxylic acids is 3. The minimum atomic E-state index is -0.792. The van der Waals surface area contributed by atoms with Gasteiger partial charge in [0, 0.05) is 72.8 Å². The van der Waals surface area contributed by atoms with Crippen molar-refractivity contribution in [1.82, 2.24) is 19.6 Å². The largest absolute Gasteiger partial charge is 0.508 e. The van der Waals surface area contributed by atoms with Gasteiger partial charge in [0.05, 0.1) is 0 Å². The van der Waals surface area contributed by atoms with Gasteiger partial charge in [0.1, 0.15) is 28.9 Å². The van der Waals surface area contributed by atoms with Crippen LogP contribution in [0.4, 0.5) is 8.78 Å². The van der Waals surface area contributed by atoms with Gasteiger partial charge in [-0.2, -0.15) is 0 Å². The maximum atomic E-state index is 16.3. The second-order valence-corrected chi connectivity index (χ2v) is 18.9. The third-order valence-corrected chi connectivity index (χ3v) is 14.9. The number of piperidine rings is 2. The van der Waals surface area contributed by atoms with Crippen LogP contribution in [0.25, 0.3) is 0 Å². The summed E-state index contributed by atoms with van der Waals surface area (Å²) in [5.74, 6) is -6.07. The van der Waals surface area contributed by atoms with Gasteiger partial charge in [-0.15, -0.1) is 0 Å². The van der Waals surface area contributed by atoms with Gasteiger partial charge >= 0.3 is 0 Å². The number of carbonyl (C=O) groups is 3. The fourth-order valence-corrected chi connectivity index (χ4v) is 11.1. The van der Waals surface area contributed by atoms with E-state index in [1.54, 1.807) is 50.2 Å². The Bertz CT molecular complexity index is 2140. The van der Waals surface area contributed by atoms with E-state index in [4.69, 9.17) is 0 Å². The summed E-state index contributed by atoms with van der Waals surface area (Å²) in [4.78, 5) is 55.6. The molecule has 9 nitrogen and oxygen atoms in total. The Hall–Kier alpha value is -4.81. The van der Waals surface area contributed by atoms with E-state index in [0.29, 0.717) is 72.6 Å². The number of ketones is 3. The molecule has 2 N–H and O–H groups in total. The number of likely N-dealkylation sites (tertiary alicyclic amines) is 4. The Morgan fingerprint density at radius 2 is 0.875 bits per heavy atom. The average molecular weight is 875 g/mol. The van der Waals surface area contributed by atoms with E-state index in [9.17, 15) is 19.8 Å². The second kappa shape index (κ2) is 20.6. The number of phenolic OH excluding ortho intramolecular Hbond substituents is 2. The lowest BCUT2D eigenvalue weighted by molar-refractivity contribution is -0.133. The number of rotatable bonds is 18. The maximum Gasteiger partial charge on any atom is 0.167 e. The van der Waals surface area contributed by atoms with Crippen molar-refractivity contribution >= 4 is 17.3 Å². The van der Waals surface area contributed by atoms with Gasteiger partial charge in [0.25, 0.3) is 0 Å². The molecule has 0 radical (unpaired) electrons. The highest BCUT2D eigenvalue weighted by Gasteiger charge is 2.51. The Morgan fingerprint density at radius 1 is 0.516 bits per heavy atom. The van der Waals surface area contributed by atoms with E-state index < -0.39 is 47.1 Å². The fraction of sp³-hybridized carbons (Fsp3) is 0.491. The highest BCUT2D eigenvalue weighted by atomic mass is 19.1. The molecule has 4 aromatic rings. The number of aromatic hydroxyl groups is 2. The number of halogens is 2. The van der Waals surface area contributed by atoms with Crippen molar-refractivity contribution < 1.29 is 33.4 Å². The molecule has 6 atom stereocenters. The summed E-state index contributed by atoms with van der Waals surface area (Å²) in [7, 11) is 0. The normalized spacial score (nSPS) is 24.5. The molecular weight excluding hydrogens is 811 g/mol. The van der Waals surface area contributed by atoms with Crippen LogP contribution in [0, 0.1) is 49.2 Å². The standard InChI is InChI=1S/C53H64F2N4O5/c1-35-41(17-9-19-47(35)54)49-43(51(62)37-13-7-15-39(60)29-37)31-58(23-5-3-21-56-25-11-26-56)33-45(49)53(64)46-34-59(24-6-4-22-57-27-12-28-57)32-44(52(63)38-14-8-16-40(61)30-38)50(46)42-18-10-20-48(55)36(42)2/h7-10,13-20,29-30,43-46,49-50,60-61H,3-6,11-12,21-28,31-34H2,1-2H3. The van der Waals surface area contributed by atoms with E-state index in [0.717, 1.165) is 65.0 Å². The zero-order valence-corrected chi connectivity index (χ0v) is 37.4. The average Bonchev–Trinajstić information content (AvgIpc) is 3.25. The summed E-state index contributed by atoms with van der Waals surface area (Å²) >= 11 is 0. The Kier molecular flexibility index (Phi) is 14.7. The second-order valence-electron chi connectivity index (χ2n) is 18.9. The van der Waals surface area contributed by atoms with Gasteiger partial charge in [-0.25, -0.2) is 8.78 Å². The molecule has 0 bridgehead atoms. The number of phenols is 2. The van der Waals surface area contributed by atoms with E-state index in [-0.39, 0.29) is 28.8 Å². The molecule has 4 heterocycles. The summed E-state index contributed by atoms with van der Waals surface area (Å²) in [6.45, 7) is 12.5. The quantitative estimate of drug-likeness (QED) is 0.0756. The molecule has 64 heavy (non-hydrogen) atoms. The van der Waals surface area contributed by atoms with E-state index in [2.05, 4.69) is 19.6 Å². The molecule has 4 aliphatic heterocycles. The SMILES string of the molecule is Cc1c(F)cccc1C1C(C(=O)c2cccc(O)c2)CN(CCCCN2CCC2)CC1C(=O)C1CN(CCCCN2CCC2)CC(C(=O)c2cccc(O)c2)C1c1cccc(F)c1C. The first kappa shape index (κ1) is 45.7. The lowest BCUT2D eigenvalue weighted by atomic mass is 9.62. The molecule has 340 valence electrons. The van der Waals surface area contributed by atoms with Crippen LogP contribution >= 0.6 is 0 Å². The van der Waals surface area contributed by atoms with Crippen LogP contribution < -0.4 is 0 Å². The minimum absolute atomic E-state index is 0.0430. The Balaban J connectivity index is 1.23. The van der Waals surface area contributed by atoms with Gasteiger partial charge in [0.2, 0.25) is 0 Å². The van der Waals surface area contributed by atoms with Crippen LogP contribution in [0.2, 0.25) is 0 Å². The van der Waals surface area contributed by atoms with Crippen molar-refractivity contribution in [2.45, 2.75) is 64.2 Å². The third-order valence-electron chi connectivity index (χ3n) is 14.9. The number of benzene rings is 4. The number of unbranched alkanes of at least 4 members (excludes halogenated alkanes) is 2. The van der Waals surface area contributed by atoms with Crippen molar-refractivity contribution in [3.8, 4) is 11.5 Å². The van der Waals surface area contributed by atoms with Crippen LogP contribution in [0.1, 0.15) is 93.3 Å². The monoisotopic (exact) mass is 874 g/mol. The molecule has 4 aliphatic rings. The molecule has 8 rings (SSSR count). The highest BCUT2D eigenvalue weighted by molar-refractivity contribution is 6.01. The van der Waals surface area contributed by atoms with Crippen LogP contribution in [-0.4, -0.2) is 126 Å². The summed E-state index contributed by atoms with van der Waals surface area (Å²) in [6, 6.07) is 22.4. The lowest BCUT2D eigenvalue weighted by Gasteiger charge is -2.48. The molecule has 0 aromatic heterocycles. The molecule has 4 fully saturated rings. The molecule has 4 aromatic carbocycles. The van der Waals surface area contributed by atoms with Crippen molar-refractivity contribution in [3.05, 3.63) is 130 Å². The smallest absolute Gasteiger partial charge is 0.167 e. The van der Waals surface area contributed by atoms with Crippen LogP contribution in [0.3, 0.4) is 0 Å².